The van der Waals surface area contributed by atoms with Gasteiger partial charge in [0.25, 0.3) is 0 Å². The van der Waals surface area contributed by atoms with Crippen molar-refractivity contribution in [3.8, 4) is 0 Å². The van der Waals surface area contributed by atoms with Gasteiger partial charge in [-0.05, 0) is 17.5 Å². The van der Waals surface area contributed by atoms with Gasteiger partial charge in [0, 0.05) is 0 Å². The third-order valence-electron chi connectivity index (χ3n) is 0.934. The standard InChI is InChI=1S/C7H17P/c1-6(8)5-7(2,3)4/h6H,5,8H2,1-4H3. The van der Waals surface area contributed by atoms with Crippen LogP contribution in [0.15, 0.2) is 0 Å². The van der Waals surface area contributed by atoms with Crippen molar-refractivity contribution in [3.63, 3.8) is 0 Å². The van der Waals surface area contributed by atoms with Crippen molar-refractivity contribution >= 4 is 9.24 Å². The van der Waals surface area contributed by atoms with Gasteiger partial charge in [-0.3, -0.25) is 0 Å². The van der Waals surface area contributed by atoms with Crippen LogP contribution < -0.4 is 0 Å². The van der Waals surface area contributed by atoms with E-state index in [1.807, 2.05) is 0 Å². The number of hydrogen-bond acceptors (Lipinski definition) is 0. The second-order valence-electron chi connectivity index (χ2n) is 3.74. The van der Waals surface area contributed by atoms with Crippen LogP contribution in [0.4, 0.5) is 0 Å². The minimum Gasteiger partial charge on any atom is -0.135 e. The van der Waals surface area contributed by atoms with Crippen molar-refractivity contribution < 1.29 is 0 Å². The fourth-order valence-corrected chi connectivity index (χ4v) is 1.67. The highest BCUT2D eigenvalue weighted by molar-refractivity contribution is 7.17. The van der Waals surface area contributed by atoms with E-state index in [0.717, 1.165) is 5.66 Å². The molecule has 0 saturated carbocycles. The van der Waals surface area contributed by atoms with Gasteiger partial charge < -0.3 is 0 Å². The Bertz CT molecular complexity index is 59.3. The second-order valence-corrected chi connectivity index (χ2v) is 4.88. The molecule has 0 saturated heterocycles. The molecule has 50 valence electrons. The maximum absolute atomic E-state index is 2.82. The molecule has 0 spiro atoms. The first-order valence-electron chi connectivity index (χ1n) is 3.17. The normalized spacial score (nSPS) is 16.1. The van der Waals surface area contributed by atoms with Crippen LogP contribution in [0.3, 0.4) is 0 Å². The first-order valence-corrected chi connectivity index (χ1v) is 3.84. The van der Waals surface area contributed by atoms with E-state index in [0.29, 0.717) is 5.41 Å². The topological polar surface area (TPSA) is 0 Å². The molecule has 0 N–H and O–H groups in total. The van der Waals surface area contributed by atoms with E-state index in [-0.39, 0.29) is 0 Å². The fourth-order valence-electron chi connectivity index (χ4n) is 0.966. The minimum absolute atomic E-state index is 0.501. The van der Waals surface area contributed by atoms with Crippen molar-refractivity contribution in [3.05, 3.63) is 0 Å². The Kier molecular flexibility index (Phi) is 2.98. The lowest BCUT2D eigenvalue weighted by molar-refractivity contribution is 0.378. The molecule has 0 aliphatic carbocycles. The molecular formula is C7H17P. The Morgan fingerprint density at radius 1 is 1.38 bits per heavy atom. The molecule has 8 heavy (non-hydrogen) atoms. The average molecular weight is 132 g/mol. The molecule has 0 aromatic rings. The van der Waals surface area contributed by atoms with Crippen molar-refractivity contribution in [2.75, 3.05) is 0 Å². The van der Waals surface area contributed by atoms with E-state index in [1.165, 1.54) is 6.42 Å². The van der Waals surface area contributed by atoms with E-state index in [4.69, 9.17) is 0 Å². The van der Waals surface area contributed by atoms with Gasteiger partial charge in [0.1, 0.15) is 0 Å². The lowest BCUT2D eigenvalue weighted by Crippen LogP contribution is -2.09. The maximum atomic E-state index is 2.82. The van der Waals surface area contributed by atoms with Crippen LogP contribution in [0.5, 0.6) is 0 Å². The van der Waals surface area contributed by atoms with Crippen molar-refractivity contribution in [1.29, 1.82) is 0 Å². The molecule has 0 rings (SSSR count). The predicted octanol–water partition coefficient (Wildman–Crippen LogP) is 2.69. The highest BCUT2D eigenvalue weighted by atomic mass is 31.0. The summed E-state index contributed by atoms with van der Waals surface area (Å²) in [5.41, 5.74) is 1.26. The summed E-state index contributed by atoms with van der Waals surface area (Å²) in [5, 5.41) is 0. The summed E-state index contributed by atoms with van der Waals surface area (Å²) in [6, 6.07) is 0. The van der Waals surface area contributed by atoms with E-state index in [2.05, 4.69) is 36.9 Å². The Balaban J connectivity index is 3.39. The highest BCUT2D eigenvalue weighted by Crippen LogP contribution is 2.23. The van der Waals surface area contributed by atoms with E-state index >= 15 is 0 Å². The molecule has 0 heterocycles. The lowest BCUT2D eigenvalue weighted by atomic mass is 9.91. The number of hydrogen-bond donors (Lipinski definition) is 0. The zero-order valence-corrected chi connectivity index (χ0v) is 7.52. The van der Waals surface area contributed by atoms with E-state index in [1.54, 1.807) is 0 Å². The zero-order valence-electron chi connectivity index (χ0n) is 6.36. The molecule has 0 nitrogen and oxygen atoms in total. The van der Waals surface area contributed by atoms with Crippen molar-refractivity contribution in [2.24, 2.45) is 5.41 Å². The molecule has 1 heteroatoms. The largest absolute Gasteiger partial charge is 0.135 e. The Labute approximate surface area is 55.3 Å². The SMILES string of the molecule is CC(P)CC(C)(C)C. The third kappa shape index (κ3) is 6.43. The summed E-state index contributed by atoms with van der Waals surface area (Å²) >= 11 is 0. The molecule has 0 bridgehead atoms. The highest BCUT2D eigenvalue weighted by Gasteiger charge is 2.11. The van der Waals surface area contributed by atoms with Crippen LogP contribution in [0.25, 0.3) is 0 Å². The molecule has 2 unspecified atom stereocenters. The van der Waals surface area contributed by atoms with E-state index < -0.39 is 0 Å². The Hall–Kier alpha value is 0.430. The van der Waals surface area contributed by atoms with Crippen LogP contribution in [0, 0.1) is 5.41 Å². The summed E-state index contributed by atoms with van der Waals surface area (Å²) in [6.45, 7) is 9.05. The second kappa shape index (κ2) is 2.82. The smallest absolute Gasteiger partial charge is 0.0288 e. The maximum Gasteiger partial charge on any atom is -0.0288 e. The monoisotopic (exact) mass is 132 g/mol. The van der Waals surface area contributed by atoms with Gasteiger partial charge in [-0.1, -0.05) is 27.7 Å². The lowest BCUT2D eigenvalue weighted by Gasteiger charge is -2.19. The van der Waals surface area contributed by atoms with Gasteiger partial charge >= 0.3 is 0 Å². The van der Waals surface area contributed by atoms with Gasteiger partial charge in [-0.15, -0.1) is 9.24 Å². The molecule has 0 radical (unpaired) electrons. The van der Waals surface area contributed by atoms with Gasteiger partial charge in [0.2, 0.25) is 0 Å². The summed E-state index contributed by atoms with van der Waals surface area (Å²) < 4.78 is 0. The fraction of sp³-hybridized carbons (Fsp3) is 1.00. The summed E-state index contributed by atoms with van der Waals surface area (Å²) in [4.78, 5) is 0. The van der Waals surface area contributed by atoms with Gasteiger partial charge in [0.05, 0.1) is 0 Å². The van der Waals surface area contributed by atoms with Crippen molar-refractivity contribution in [1.82, 2.24) is 0 Å². The van der Waals surface area contributed by atoms with Crippen LogP contribution in [-0.4, -0.2) is 5.66 Å². The summed E-state index contributed by atoms with van der Waals surface area (Å²) in [5.74, 6) is 0. The van der Waals surface area contributed by atoms with Crippen LogP contribution in [-0.2, 0) is 0 Å². The van der Waals surface area contributed by atoms with Crippen LogP contribution in [0.2, 0.25) is 0 Å². The quantitative estimate of drug-likeness (QED) is 0.481. The Morgan fingerprint density at radius 2 is 1.75 bits per heavy atom. The first kappa shape index (κ1) is 8.43. The molecule has 0 fully saturated rings. The van der Waals surface area contributed by atoms with Crippen LogP contribution >= 0.6 is 9.24 Å². The predicted molar refractivity (Wildman–Crippen MR) is 43.2 cm³/mol. The van der Waals surface area contributed by atoms with Gasteiger partial charge in [-0.2, -0.15) is 0 Å². The van der Waals surface area contributed by atoms with E-state index in [9.17, 15) is 0 Å². The summed E-state index contributed by atoms with van der Waals surface area (Å²) in [6.07, 6.45) is 1.29. The molecule has 2 atom stereocenters. The Morgan fingerprint density at radius 3 is 1.75 bits per heavy atom. The number of rotatable bonds is 1. The average Bonchev–Trinajstić information content (AvgIpc) is 1.21. The minimum atomic E-state index is 0.501. The molecular weight excluding hydrogens is 115 g/mol. The van der Waals surface area contributed by atoms with Gasteiger partial charge in [-0.25, -0.2) is 0 Å². The summed E-state index contributed by atoms with van der Waals surface area (Å²) in [7, 11) is 2.82. The molecule has 0 aliphatic rings. The molecule has 0 aliphatic heterocycles. The van der Waals surface area contributed by atoms with Crippen molar-refractivity contribution in [2.45, 2.75) is 39.8 Å². The molecule has 0 amide bonds. The molecule has 0 aromatic heterocycles. The van der Waals surface area contributed by atoms with Crippen LogP contribution in [0.1, 0.15) is 34.1 Å². The first-order chi connectivity index (χ1) is 3.42. The molecule has 0 aromatic carbocycles. The zero-order chi connectivity index (χ0) is 6.78. The van der Waals surface area contributed by atoms with Gasteiger partial charge in [0.15, 0.2) is 0 Å². The third-order valence-corrected chi connectivity index (χ3v) is 1.17.